The smallest absolute Gasteiger partial charge is 0.279 e. The number of hydrogen-bond donors (Lipinski definition) is 3. The highest BCUT2D eigenvalue weighted by atomic mass is 16.2. The molecule has 1 aromatic rings. The van der Waals surface area contributed by atoms with Gasteiger partial charge in [-0.2, -0.15) is 0 Å². The first-order valence-corrected chi connectivity index (χ1v) is 8.65. The molecule has 0 spiro atoms. The Bertz CT molecular complexity index is 462. The Hall–Kier alpha value is -1.39. The second-order valence-corrected chi connectivity index (χ2v) is 6.75. The van der Waals surface area contributed by atoms with E-state index in [1.807, 2.05) is 12.1 Å². The molecule has 4 nitrogen and oxygen atoms in total. The van der Waals surface area contributed by atoms with Gasteiger partial charge < -0.3 is 15.1 Å². The van der Waals surface area contributed by atoms with Gasteiger partial charge in [0.1, 0.15) is 26.2 Å². The lowest BCUT2D eigenvalue weighted by Crippen LogP contribution is -3.28. The molecule has 1 fully saturated rings. The van der Waals surface area contributed by atoms with E-state index in [-0.39, 0.29) is 5.91 Å². The van der Waals surface area contributed by atoms with Crippen LogP contribution < -0.4 is 15.1 Å². The van der Waals surface area contributed by atoms with Gasteiger partial charge in [-0.15, -0.1) is 0 Å². The minimum atomic E-state index is 0.131. The van der Waals surface area contributed by atoms with Gasteiger partial charge in [0, 0.05) is 5.69 Å². The Kier molecular flexibility index (Phi) is 6.40. The summed E-state index contributed by atoms with van der Waals surface area (Å²) < 4.78 is 0. The highest BCUT2D eigenvalue weighted by Gasteiger charge is 2.24. The second-order valence-electron chi connectivity index (χ2n) is 6.75. The predicted molar refractivity (Wildman–Crippen MR) is 90.6 cm³/mol. The molecule has 0 unspecified atom stereocenters. The molecule has 0 aliphatic carbocycles. The summed E-state index contributed by atoms with van der Waals surface area (Å²) in [6.45, 7) is 13.1. The van der Waals surface area contributed by atoms with Crippen molar-refractivity contribution in [1.29, 1.82) is 0 Å². The molecule has 122 valence electrons. The van der Waals surface area contributed by atoms with Crippen molar-refractivity contribution in [3.05, 3.63) is 29.8 Å². The third kappa shape index (κ3) is 5.11. The van der Waals surface area contributed by atoms with Crippen LogP contribution in [0.15, 0.2) is 24.3 Å². The molecule has 1 heterocycles. The minimum Gasteiger partial charge on any atom is -0.326 e. The standard InChI is InChI=1S/C18H29N3O/c1-4-9-20-10-12-21(13-11-20)14-18(22)19-17-7-5-16(6-8-17)15(2)3/h5-8,15H,4,9-14H2,1-3H3,(H,19,22)/p+2. The summed E-state index contributed by atoms with van der Waals surface area (Å²) in [5, 5.41) is 3.03. The molecule has 3 N–H and O–H groups in total. The van der Waals surface area contributed by atoms with Crippen LogP contribution in [0, 0.1) is 0 Å². The van der Waals surface area contributed by atoms with Gasteiger partial charge in [-0.05, 0) is 30.0 Å². The number of anilines is 1. The van der Waals surface area contributed by atoms with Crippen LogP contribution in [-0.2, 0) is 4.79 Å². The van der Waals surface area contributed by atoms with E-state index in [9.17, 15) is 4.79 Å². The van der Waals surface area contributed by atoms with E-state index in [1.54, 1.807) is 4.90 Å². The molecule has 0 saturated carbocycles. The van der Waals surface area contributed by atoms with Crippen LogP contribution >= 0.6 is 0 Å². The molecule has 0 bridgehead atoms. The summed E-state index contributed by atoms with van der Waals surface area (Å²) in [4.78, 5) is 15.3. The molecule has 1 amide bonds. The van der Waals surface area contributed by atoms with Crippen molar-refractivity contribution in [3.8, 4) is 0 Å². The van der Waals surface area contributed by atoms with E-state index in [2.05, 4.69) is 38.2 Å². The number of carbonyl (C=O) groups is 1. The lowest BCUT2D eigenvalue weighted by molar-refractivity contribution is -1.01. The Balaban J connectivity index is 1.76. The van der Waals surface area contributed by atoms with Crippen molar-refractivity contribution in [2.24, 2.45) is 0 Å². The monoisotopic (exact) mass is 305 g/mol. The lowest BCUT2D eigenvalue weighted by atomic mass is 10.0. The van der Waals surface area contributed by atoms with Gasteiger partial charge in [0.2, 0.25) is 0 Å². The molecule has 1 aliphatic heterocycles. The maximum Gasteiger partial charge on any atom is 0.279 e. The van der Waals surface area contributed by atoms with Crippen LogP contribution in [0.5, 0.6) is 0 Å². The van der Waals surface area contributed by atoms with Gasteiger partial charge in [-0.3, -0.25) is 4.79 Å². The molecule has 0 aromatic heterocycles. The zero-order valence-corrected chi connectivity index (χ0v) is 14.2. The number of nitrogens with one attached hydrogen (secondary N) is 3. The average Bonchev–Trinajstić information content (AvgIpc) is 2.50. The van der Waals surface area contributed by atoms with E-state index in [1.165, 1.54) is 36.5 Å². The van der Waals surface area contributed by atoms with Gasteiger partial charge in [0.05, 0.1) is 6.54 Å². The first-order chi connectivity index (χ1) is 10.6. The van der Waals surface area contributed by atoms with Crippen LogP contribution in [0.2, 0.25) is 0 Å². The van der Waals surface area contributed by atoms with Crippen molar-refractivity contribution >= 4 is 11.6 Å². The third-order valence-corrected chi connectivity index (χ3v) is 4.54. The van der Waals surface area contributed by atoms with E-state index < -0.39 is 0 Å². The topological polar surface area (TPSA) is 38.0 Å². The Labute approximate surface area is 134 Å². The molecule has 1 aromatic carbocycles. The summed E-state index contributed by atoms with van der Waals surface area (Å²) in [5.74, 6) is 0.655. The van der Waals surface area contributed by atoms with E-state index in [0.29, 0.717) is 12.5 Å². The second kappa shape index (κ2) is 8.30. The number of rotatable bonds is 6. The van der Waals surface area contributed by atoms with Crippen molar-refractivity contribution < 1.29 is 14.6 Å². The van der Waals surface area contributed by atoms with E-state index >= 15 is 0 Å². The fourth-order valence-corrected chi connectivity index (χ4v) is 3.12. The molecule has 22 heavy (non-hydrogen) atoms. The molecular formula is C18H31N3O+2. The summed E-state index contributed by atoms with van der Waals surface area (Å²) in [6, 6.07) is 8.21. The van der Waals surface area contributed by atoms with Crippen molar-refractivity contribution in [2.75, 3.05) is 44.6 Å². The van der Waals surface area contributed by atoms with Gasteiger partial charge in [-0.25, -0.2) is 0 Å². The number of carbonyl (C=O) groups excluding carboxylic acids is 1. The zero-order chi connectivity index (χ0) is 15.9. The molecule has 1 aliphatic rings. The fraction of sp³-hybridized carbons (Fsp3) is 0.611. The molecule has 0 atom stereocenters. The summed E-state index contributed by atoms with van der Waals surface area (Å²) in [6.07, 6.45) is 1.25. The first kappa shape index (κ1) is 17.0. The van der Waals surface area contributed by atoms with Crippen LogP contribution in [0.4, 0.5) is 5.69 Å². The molecule has 1 saturated heterocycles. The normalized spacial score (nSPS) is 21.8. The number of benzene rings is 1. The van der Waals surface area contributed by atoms with Crippen LogP contribution in [-0.4, -0.2) is 45.2 Å². The fourth-order valence-electron chi connectivity index (χ4n) is 3.12. The van der Waals surface area contributed by atoms with Crippen molar-refractivity contribution in [2.45, 2.75) is 33.1 Å². The van der Waals surface area contributed by atoms with E-state index in [0.717, 1.165) is 18.8 Å². The Morgan fingerprint density at radius 2 is 1.68 bits per heavy atom. The van der Waals surface area contributed by atoms with E-state index in [4.69, 9.17) is 0 Å². The summed E-state index contributed by atoms with van der Waals surface area (Å²) in [7, 11) is 0. The Morgan fingerprint density at radius 3 is 2.23 bits per heavy atom. The van der Waals surface area contributed by atoms with Gasteiger partial charge in [0.25, 0.3) is 5.91 Å². The van der Waals surface area contributed by atoms with Crippen LogP contribution in [0.1, 0.15) is 38.7 Å². The van der Waals surface area contributed by atoms with Gasteiger partial charge >= 0.3 is 0 Å². The highest BCUT2D eigenvalue weighted by molar-refractivity contribution is 5.91. The van der Waals surface area contributed by atoms with Gasteiger partial charge in [0.15, 0.2) is 6.54 Å². The molecule has 4 heteroatoms. The SMILES string of the molecule is CCC[NH+]1CC[NH+](CC(=O)Nc2ccc(C(C)C)cc2)CC1. The zero-order valence-electron chi connectivity index (χ0n) is 14.2. The maximum atomic E-state index is 12.2. The molecular weight excluding hydrogens is 274 g/mol. The number of hydrogen-bond acceptors (Lipinski definition) is 1. The minimum absolute atomic E-state index is 0.131. The van der Waals surface area contributed by atoms with Crippen molar-refractivity contribution in [3.63, 3.8) is 0 Å². The average molecular weight is 305 g/mol. The summed E-state index contributed by atoms with van der Waals surface area (Å²) in [5.41, 5.74) is 2.21. The summed E-state index contributed by atoms with van der Waals surface area (Å²) >= 11 is 0. The largest absolute Gasteiger partial charge is 0.326 e. The lowest BCUT2D eigenvalue weighted by Gasteiger charge is -2.29. The highest BCUT2D eigenvalue weighted by Crippen LogP contribution is 2.16. The maximum absolute atomic E-state index is 12.2. The van der Waals surface area contributed by atoms with Crippen LogP contribution in [0.3, 0.4) is 0 Å². The predicted octanol–water partition coefficient (Wildman–Crippen LogP) is -0.0581. The number of piperazine rings is 1. The number of amides is 1. The van der Waals surface area contributed by atoms with Crippen molar-refractivity contribution in [1.82, 2.24) is 0 Å². The third-order valence-electron chi connectivity index (χ3n) is 4.54. The molecule has 0 radical (unpaired) electrons. The van der Waals surface area contributed by atoms with Gasteiger partial charge in [-0.1, -0.05) is 32.9 Å². The Morgan fingerprint density at radius 1 is 1.09 bits per heavy atom. The molecule has 2 rings (SSSR count). The van der Waals surface area contributed by atoms with Crippen LogP contribution in [0.25, 0.3) is 0 Å². The first-order valence-electron chi connectivity index (χ1n) is 8.65. The quantitative estimate of drug-likeness (QED) is 0.677. The number of quaternary nitrogens is 2.